The van der Waals surface area contributed by atoms with Crippen LogP contribution in [0.5, 0.6) is 0 Å². The minimum atomic E-state index is 0.132. The lowest BCUT2D eigenvalue weighted by molar-refractivity contribution is -0.917. The number of carbonyl (C=O) groups excluding carboxylic acids is 1. The fourth-order valence-corrected chi connectivity index (χ4v) is 3.37. The number of amides is 1. The van der Waals surface area contributed by atoms with Crippen LogP contribution in [0.25, 0.3) is 6.08 Å². The number of thiophene rings is 1. The highest BCUT2D eigenvalue weighted by molar-refractivity contribution is 7.10. The summed E-state index contributed by atoms with van der Waals surface area (Å²) in [7, 11) is 0. The molecule has 3 nitrogen and oxygen atoms in total. The van der Waals surface area contributed by atoms with Gasteiger partial charge in [0.05, 0.1) is 26.2 Å². The lowest BCUT2D eigenvalue weighted by Crippen LogP contribution is -3.13. The van der Waals surface area contributed by atoms with Crippen LogP contribution in [0.15, 0.2) is 53.9 Å². The van der Waals surface area contributed by atoms with E-state index in [4.69, 9.17) is 0 Å². The van der Waals surface area contributed by atoms with Crippen LogP contribution in [0.4, 0.5) is 0 Å². The summed E-state index contributed by atoms with van der Waals surface area (Å²) in [5.41, 5.74) is 1.37. The number of benzene rings is 1. The van der Waals surface area contributed by atoms with E-state index < -0.39 is 0 Å². The van der Waals surface area contributed by atoms with Gasteiger partial charge in [-0.2, -0.15) is 0 Å². The average molecular weight is 313 g/mol. The predicted octanol–water partition coefficient (Wildman–Crippen LogP) is 1.69. The SMILES string of the molecule is O=C(C=Cc1cccs1)N1CC[NH+](Cc2ccccc2)CC1. The Morgan fingerprint density at radius 3 is 2.59 bits per heavy atom. The van der Waals surface area contributed by atoms with E-state index in [1.54, 1.807) is 22.3 Å². The van der Waals surface area contributed by atoms with E-state index in [0.29, 0.717) is 0 Å². The number of nitrogens with one attached hydrogen (secondary N) is 1. The molecule has 0 atom stereocenters. The molecule has 4 heteroatoms. The van der Waals surface area contributed by atoms with Gasteiger partial charge in [-0.25, -0.2) is 0 Å². The van der Waals surface area contributed by atoms with Gasteiger partial charge >= 0.3 is 0 Å². The van der Waals surface area contributed by atoms with Gasteiger partial charge in [-0.3, -0.25) is 4.79 Å². The zero-order valence-electron chi connectivity index (χ0n) is 12.6. The number of hydrogen-bond acceptors (Lipinski definition) is 2. The van der Waals surface area contributed by atoms with Gasteiger partial charge in [0.1, 0.15) is 6.54 Å². The number of nitrogens with zero attached hydrogens (tertiary/aromatic N) is 1. The van der Waals surface area contributed by atoms with E-state index in [9.17, 15) is 4.79 Å². The quantitative estimate of drug-likeness (QED) is 0.854. The predicted molar refractivity (Wildman–Crippen MR) is 90.8 cm³/mol. The number of quaternary nitrogens is 1. The van der Waals surface area contributed by atoms with E-state index in [1.807, 2.05) is 28.5 Å². The Balaban J connectivity index is 1.48. The van der Waals surface area contributed by atoms with Gasteiger partial charge in [-0.1, -0.05) is 36.4 Å². The van der Waals surface area contributed by atoms with Crippen LogP contribution in [0.3, 0.4) is 0 Å². The van der Waals surface area contributed by atoms with E-state index >= 15 is 0 Å². The van der Waals surface area contributed by atoms with E-state index in [-0.39, 0.29) is 5.91 Å². The first-order valence-electron chi connectivity index (χ1n) is 7.69. The molecular weight excluding hydrogens is 292 g/mol. The maximum absolute atomic E-state index is 12.2. The normalized spacial score (nSPS) is 16.3. The van der Waals surface area contributed by atoms with Gasteiger partial charge < -0.3 is 9.80 Å². The van der Waals surface area contributed by atoms with Crippen molar-refractivity contribution < 1.29 is 9.69 Å². The molecule has 1 saturated heterocycles. The Kier molecular flexibility index (Phi) is 5.03. The summed E-state index contributed by atoms with van der Waals surface area (Å²) in [5, 5.41) is 2.02. The van der Waals surface area contributed by atoms with E-state index in [1.165, 1.54) is 5.56 Å². The van der Waals surface area contributed by atoms with Gasteiger partial charge in [-0.15, -0.1) is 11.3 Å². The molecule has 114 valence electrons. The van der Waals surface area contributed by atoms with Crippen molar-refractivity contribution in [1.82, 2.24) is 4.90 Å². The zero-order valence-corrected chi connectivity index (χ0v) is 13.4. The zero-order chi connectivity index (χ0) is 15.2. The van der Waals surface area contributed by atoms with Crippen LogP contribution in [0, 0.1) is 0 Å². The molecule has 0 saturated carbocycles. The van der Waals surface area contributed by atoms with Crippen LogP contribution in [-0.2, 0) is 11.3 Å². The Hall–Kier alpha value is -1.91. The van der Waals surface area contributed by atoms with Gasteiger partial charge in [-0.05, 0) is 17.5 Å². The molecule has 1 aromatic heterocycles. The van der Waals surface area contributed by atoms with Crippen molar-refractivity contribution in [3.63, 3.8) is 0 Å². The highest BCUT2D eigenvalue weighted by atomic mass is 32.1. The van der Waals surface area contributed by atoms with Crippen molar-refractivity contribution >= 4 is 23.3 Å². The monoisotopic (exact) mass is 313 g/mol. The fraction of sp³-hybridized carbons (Fsp3) is 0.278. The molecule has 3 rings (SSSR count). The summed E-state index contributed by atoms with van der Waals surface area (Å²) in [6.07, 6.45) is 3.62. The highest BCUT2D eigenvalue weighted by Gasteiger charge is 2.22. The largest absolute Gasteiger partial charge is 0.328 e. The third-order valence-electron chi connectivity index (χ3n) is 4.01. The molecule has 1 amide bonds. The standard InChI is InChI=1S/C18H20N2OS/c21-18(9-8-17-7-4-14-22-17)20-12-10-19(11-13-20)15-16-5-2-1-3-6-16/h1-9,14H,10-13,15H2/p+1. The van der Waals surface area contributed by atoms with Crippen LogP contribution >= 0.6 is 11.3 Å². The minimum Gasteiger partial charge on any atom is -0.328 e. The first kappa shape index (κ1) is 15.0. The smallest absolute Gasteiger partial charge is 0.247 e. The van der Waals surface area contributed by atoms with Crippen molar-refractivity contribution in [2.75, 3.05) is 26.2 Å². The Bertz CT molecular complexity index is 614. The first-order chi connectivity index (χ1) is 10.8. The molecule has 2 heterocycles. The molecular formula is C18H21N2OS+. The van der Waals surface area contributed by atoms with Crippen molar-refractivity contribution in [2.45, 2.75) is 6.54 Å². The average Bonchev–Trinajstić information content (AvgIpc) is 3.08. The first-order valence-corrected chi connectivity index (χ1v) is 8.57. The Morgan fingerprint density at radius 2 is 1.91 bits per heavy atom. The number of rotatable bonds is 4. The van der Waals surface area contributed by atoms with Crippen LogP contribution < -0.4 is 4.90 Å². The molecule has 0 spiro atoms. The molecule has 1 aliphatic heterocycles. The Labute approximate surface area is 135 Å². The maximum atomic E-state index is 12.2. The fourth-order valence-electron chi connectivity index (χ4n) is 2.75. The molecule has 0 radical (unpaired) electrons. The lowest BCUT2D eigenvalue weighted by Gasteiger charge is -2.31. The summed E-state index contributed by atoms with van der Waals surface area (Å²) in [4.78, 5) is 16.8. The molecule has 0 bridgehead atoms. The number of hydrogen-bond donors (Lipinski definition) is 1. The summed E-state index contributed by atoms with van der Waals surface area (Å²) in [6.45, 7) is 4.78. The third-order valence-corrected chi connectivity index (χ3v) is 4.85. The van der Waals surface area contributed by atoms with Crippen molar-refractivity contribution in [3.05, 3.63) is 64.4 Å². The number of piperazine rings is 1. The van der Waals surface area contributed by atoms with Crippen LogP contribution in [-0.4, -0.2) is 37.0 Å². The summed E-state index contributed by atoms with van der Waals surface area (Å²) in [6, 6.07) is 14.6. The maximum Gasteiger partial charge on any atom is 0.247 e. The van der Waals surface area contributed by atoms with E-state index in [0.717, 1.165) is 37.6 Å². The van der Waals surface area contributed by atoms with Gasteiger partial charge in [0, 0.05) is 16.5 Å². The molecule has 1 N–H and O–H groups in total. The second kappa shape index (κ2) is 7.38. The molecule has 0 unspecified atom stereocenters. The second-order valence-corrected chi connectivity index (χ2v) is 6.57. The topological polar surface area (TPSA) is 24.8 Å². The molecule has 22 heavy (non-hydrogen) atoms. The molecule has 0 aliphatic carbocycles. The minimum absolute atomic E-state index is 0.132. The second-order valence-electron chi connectivity index (χ2n) is 5.59. The van der Waals surface area contributed by atoms with Gasteiger partial charge in [0.25, 0.3) is 0 Å². The highest BCUT2D eigenvalue weighted by Crippen LogP contribution is 2.10. The summed E-state index contributed by atoms with van der Waals surface area (Å²) in [5.74, 6) is 0.132. The molecule has 1 fully saturated rings. The van der Waals surface area contributed by atoms with Gasteiger partial charge in [0.15, 0.2) is 0 Å². The van der Waals surface area contributed by atoms with Gasteiger partial charge in [0.2, 0.25) is 5.91 Å². The third kappa shape index (κ3) is 4.06. The lowest BCUT2D eigenvalue weighted by atomic mass is 10.2. The Morgan fingerprint density at radius 1 is 1.14 bits per heavy atom. The van der Waals surface area contributed by atoms with Crippen LogP contribution in [0.2, 0.25) is 0 Å². The molecule has 2 aromatic rings. The molecule has 1 aliphatic rings. The van der Waals surface area contributed by atoms with Crippen molar-refractivity contribution in [1.29, 1.82) is 0 Å². The summed E-state index contributed by atoms with van der Waals surface area (Å²) >= 11 is 1.65. The van der Waals surface area contributed by atoms with Crippen molar-refractivity contribution in [3.8, 4) is 0 Å². The van der Waals surface area contributed by atoms with Crippen LogP contribution in [0.1, 0.15) is 10.4 Å². The summed E-state index contributed by atoms with van der Waals surface area (Å²) < 4.78 is 0. The van der Waals surface area contributed by atoms with E-state index in [2.05, 4.69) is 30.3 Å². The molecule has 1 aromatic carbocycles. The number of carbonyl (C=O) groups is 1. The van der Waals surface area contributed by atoms with Crippen molar-refractivity contribution in [2.24, 2.45) is 0 Å².